The first-order chi connectivity index (χ1) is 12.0. The molecule has 5 heteroatoms. The van der Waals surface area contributed by atoms with Crippen molar-refractivity contribution >= 4 is 17.4 Å². The summed E-state index contributed by atoms with van der Waals surface area (Å²) in [7, 11) is 0. The second-order valence-electron chi connectivity index (χ2n) is 7.97. The van der Waals surface area contributed by atoms with Crippen molar-refractivity contribution in [1.29, 1.82) is 0 Å². The SMILES string of the molecule is CCC(C)C(=O)CN=C1CC2C(C)C2C1=C(N)C(=O)N1CCCCC1. The van der Waals surface area contributed by atoms with Crippen molar-refractivity contribution in [3.05, 3.63) is 11.3 Å². The van der Waals surface area contributed by atoms with E-state index >= 15 is 0 Å². The molecule has 5 nitrogen and oxygen atoms in total. The molecule has 0 aromatic carbocycles. The number of piperidine rings is 1. The van der Waals surface area contributed by atoms with Crippen molar-refractivity contribution in [3.8, 4) is 0 Å². The fourth-order valence-corrected chi connectivity index (χ4v) is 4.29. The van der Waals surface area contributed by atoms with Gasteiger partial charge in [-0.05, 0) is 49.9 Å². The molecule has 3 rings (SSSR count). The molecule has 0 aromatic heterocycles. The fourth-order valence-electron chi connectivity index (χ4n) is 4.29. The molecular formula is C20H31N3O2. The predicted octanol–water partition coefficient (Wildman–Crippen LogP) is 2.55. The van der Waals surface area contributed by atoms with Crippen LogP contribution in [-0.2, 0) is 9.59 Å². The van der Waals surface area contributed by atoms with Crippen molar-refractivity contribution < 1.29 is 9.59 Å². The lowest BCUT2D eigenvalue weighted by Gasteiger charge is -2.27. The number of allylic oxidation sites excluding steroid dienone is 1. The number of likely N-dealkylation sites (tertiary alicyclic amines) is 1. The van der Waals surface area contributed by atoms with Gasteiger partial charge < -0.3 is 10.6 Å². The van der Waals surface area contributed by atoms with E-state index in [4.69, 9.17) is 5.73 Å². The summed E-state index contributed by atoms with van der Waals surface area (Å²) in [5.41, 5.74) is 8.58. The third-order valence-corrected chi connectivity index (χ3v) is 6.39. The predicted molar refractivity (Wildman–Crippen MR) is 99.2 cm³/mol. The molecule has 138 valence electrons. The van der Waals surface area contributed by atoms with Crippen LogP contribution in [0.1, 0.15) is 52.9 Å². The minimum Gasteiger partial charge on any atom is -0.394 e. The Bertz CT molecular complexity index is 616. The summed E-state index contributed by atoms with van der Waals surface area (Å²) in [5, 5.41) is 0. The molecule has 1 aliphatic heterocycles. The average Bonchev–Trinajstić information content (AvgIpc) is 3.08. The quantitative estimate of drug-likeness (QED) is 0.778. The van der Waals surface area contributed by atoms with Gasteiger partial charge in [-0.1, -0.05) is 20.8 Å². The number of aliphatic imine (C=N–C) groups is 1. The summed E-state index contributed by atoms with van der Waals surface area (Å²) in [4.78, 5) is 31.4. The maximum atomic E-state index is 12.8. The molecule has 2 saturated carbocycles. The van der Waals surface area contributed by atoms with Crippen molar-refractivity contribution in [1.82, 2.24) is 4.90 Å². The monoisotopic (exact) mass is 345 g/mol. The van der Waals surface area contributed by atoms with Crippen LogP contribution in [0.25, 0.3) is 0 Å². The Morgan fingerprint density at radius 2 is 1.96 bits per heavy atom. The van der Waals surface area contributed by atoms with Crippen LogP contribution < -0.4 is 5.73 Å². The van der Waals surface area contributed by atoms with Gasteiger partial charge in [-0.25, -0.2) is 0 Å². The highest BCUT2D eigenvalue weighted by Crippen LogP contribution is 2.59. The minimum atomic E-state index is -0.0320. The van der Waals surface area contributed by atoms with Crippen molar-refractivity contribution in [2.24, 2.45) is 34.4 Å². The number of fused-ring (bicyclic) bond motifs is 1. The molecule has 1 amide bonds. The maximum absolute atomic E-state index is 12.8. The van der Waals surface area contributed by atoms with Gasteiger partial charge >= 0.3 is 0 Å². The molecule has 0 radical (unpaired) electrons. The Morgan fingerprint density at radius 3 is 2.60 bits per heavy atom. The third-order valence-electron chi connectivity index (χ3n) is 6.39. The van der Waals surface area contributed by atoms with E-state index in [9.17, 15) is 9.59 Å². The number of rotatable bonds is 5. The fraction of sp³-hybridized carbons (Fsp3) is 0.750. The number of carbonyl (C=O) groups excluding carboxylic acids is 2. The molecule has 2 N–H and O–H groups in total. The maximum Gasteiger partial charge on any atom is 0.270 e. The van der Waals surface area contributed by atoms with Crippen LogP contribution >= 0.6 is 0 Å². The van der Waals surface area contributed by atoms with E-state index in [2.05, 4.69) is 11.9 Å². The molecule has 25 heavy (non-hydrogen) atoms. The van der Waals surface area contributed by atoms with Gasteiger partial charge in [0.15, 0.2) is 5.78 Å². The van der Waals surface area contributed by atoms with E-state index in [0.29, 0.717) is 23.5 Å². The minimum absolute atomic E-state index is 0.0320. The van der Waals surface area contributed by atoms with Crippen LogP contribution in [0.5, 0.6) is 0 Å². The Balaban J connectivity index is 1.80. The summed E-state index contributed by atoms with van der Waals surface area (Å²) in [6, 6.07) is 0. The van der Waals surface area contributed by atoms with Gasteiger partial charge in [0, 0.05) is 30.3 Å². The lowest BCUT2D eigenvalue weighted by atomic mass is 10.0. The zero-order valence-corrected chi connectivity index (χ0v) is 15.8. The van der Waals surface area contributed by atoms with Gasteiger partial charge in [-0.15, -0.1) is 0 Å². The number of nitrogens with two attached hydrogens (primary N) is 1. The Morgan fingerprint density at radius 1 is 1.28 bits per heavy atom. The van der Waals surface area contributed by atoms with E-state index < -0.39 is 0 Å². The summed E-state index contributed by atoms with van der Waals surface area (Å²) in [6.45, 7) is 8.00. The van der Waals surface area contributed by atoms with E-state index in [1.807, 2.05) is 18.7 Å². The highest BCUT2D eigenvalue weighted by Gasteiger charge is 2.56. The summed E-state index contributed by atoms with van der Waals surface area (Å²) >= 11 is 0. The first kappa shape index (κ1) is 18.2. The third kappa shape index (κ3) is 3.51. The number of ketones is 1. The number of amides is 1. The lowest BCUT2D eigenvalue weighted by molar-refractivity contribution is -0.128. The van der Waals surface area contributed by atoms with Crippen molar-refractivity contribution in [2.75, 3.05) is 19.6 Å². The zero-order valence-electron chi connectivity index (χ0n) is 15.8. The second kappa shape index (κ2) is 7.30. The van der Waals surface area contributed by atoms with Gasteiger partial charge in [-0.3, -0.25) is 14.6 Å². The Kier molecular flexibility index (Phi) is 5.30. The number of carbonyl (C=O) groups is 2. The van der Waals surface area contributed by atoms with E-state index in [0.717, 1.165) is 50.1 Å². The standard InChI is InChI=1S/C20H31N3O2/c1-4-12(2)16(24)11-22-15-10-14-13(3)17(14)18(15)19(21)20(25)23-8-6-5-7-9-23/h12-14,17H,4-11,21H2,1-3H3. The van der Waals surface area contributed by atoms with Gasteiger partial charge in [0.1, 0.15) is 5.70 Å². The molecule has 2 aliphatic carbocycles. The molecule has 4 atom stereocenters. The van der Waals surface area contributed by atoms with Gasteiger partial charge in [0.05, 0.1) is 6.54 Å². The molecule has 0 aromatic rings. The highest BCUT2D eigenvalue weighted by atomic mass is 16.2. The summed E-state index contributed by atoms with van der Waals surface area (Å²) in [5.74, 6) is 1.68. The van der Waals surface area contributed by atoms with Gasteiger partial charge in [-0.2, -0.15) is 0 Å². The largest absolute Gasteiger partial charge is 0.394 e. The molecule has 0 spiro atoms. The molecule has 4 unspecified atom stereocenters. The first-order valence-corrected chi connectivity index (χ1v) is 9.81. The molecule has 1 saturated heterocycles. The van der Waals surface area contributed by atoms with E-state index in [-0.39, 0.29) is 24.2 Å². The smallest absolute Gasteiger partial charge is 0.270 e. The van der Waals surface area contributed by atoms with Crippen LogP contribution in [-0.4, -0.2) is 41.9 Å². The molecule has 3 fully saturated rings. The Labute approximate surface area is 150 Å². The summed E-state index contributed by atoms with van der Waals surface area (Å²) < 4.78 is 0. The zero-order chi connectivity index (χ0) is 18.1. The van der Waals surface area contributed by atoms with Crippen molar-refractivity contribution in [3.63, 3.8) is 0 Å². The molecule has 3 aliphatic rings. The normalized spacial score (nSPS) is 33.2. The number of Topliss-reactive ketones (excluding diaryl/α,β-unsaturated/α-hetero) is 1. The van der Waals surface area contributed by atoms with Crippen LogP contribution in [0.2, 0.25) is 0 Å². The molecular weight excluding hydrogens is 314 g/mol. The number of nitrogens with zero attached hydrogens (tertiary/aromatic N) is 2. The number of hydrogen-bond acceptors (Lipinski definition) is 4. The van der Waals surface area contributed by atoms with Crippen LogP contribution in [0.3, 0.4) is 0 Å². The topological polar surface area (TPSA) is 75.8 Å². The van der Waals surface area contributed by atoms with Crippen molar-refractivity contribution in [2.45, 2.75) is 52.9 Å². The Hall–Kier alpha value is -1.65. The average molecular weight is 345 g/mol. The highest BCUT2D eigenvalue weighted by molar-refractivity contribution is 6.11. The van der Waals surface area contributed by atoms with Crippen LogP contribution in [0.15, 0.2) is 16.3 Å². The second-order valence-corrected chi connectivity index (χ2v) is 7.97. The van der Waals surface area contributed by atoms with Crippen LogP contribution in [0, 0.1) is 23.7 Å². The molecule has 1 heterocycles. The first-order valence-electron chi connectivity index (χ1n) is 9.81. The van der Waals surface area contributed by atoms with Gasteiger partial charge in [0.25, 0.3) is 5.91 Å². The lowest BCUT2D eigenvalue weighted by Crippen LogP contribution is -2.39. The van der Waals surface area contributed by atoms with E-state index in [1.165, 1.54) is 6.42 Å². The molecule has 0 bridgehead atoms. The number of hydrogen-bond donors (Lipinski definition) is 1. The van der Waals surface area contributed by atoms with E-state index in [1.54, 1.807) is 0 Å². The van der Waals surface area contributed by atoms with Crippen LogP contribution in [0.4, 0.5) is 0 Å². The van der Waals surface area contributed by atoms with Gasteiger partial charge in [0.2, 0.25) is 0 Å². The summed E-state index contributed by atoms with van der Waals surface area (Å²) in [6.07, 6.45) is 5.00.